The fourth-order valence-corrected chi connectivity index (χ4v) is 1.99. The predicted octanol–water partition coefficient (Wildman–Crippen LogP) is 1.99. The molecule has 15 heavy (non-hydrogen) atoms. The first-order chi connectivity index (χ1) is 7.06. The second-order valence-corrected chi connectivity index (χ2v) is 4.37. The summed E-state index contributed by atoms with van der Waals surface area (Å²) in [7, 11) is 0. The highest BCUT2D eigenvalue weighted by Crippen LogP contribution is 2.27. The number of rotatable bonds is 4. The molecule has 0 aliphatic rings. The molecule has 1 heterocycles. The number of carbonyl (C=O) groups is 1. The third-order valence-corrected chi connectivity index (χ3v) is 2.91. The van der Waals surface area contributed by atoms with Crippen LogP contribution < -0.4 is 0 Å². The molecule has 0 aliphatic heterocycles. The molecule has 0 saturated carbocycles. The highest BCUT2D eigenvalue weighted by atomic mass is 32.1. The first-order valence-electron chi connectivity index (χ1n) is 4.61. The van der Waals surface area contributed by atoms with Gasteiger partial charge in [-0.15, -0.1) is 11.3 Å². The van der Waals surface area contributed by atoms with Gasteiger partial charge in [-0.05, 0) is 26.0 Å². The van der Waals surface area contributed by atoms with E-state index in [0.717, 1.165) is 4.88 Å². The molecule has 1 rings (SSSR count). The van der Waals surface area contributed by atoms with E-state index in [2.05, 4.69) is 4.74 Å². The van der Waals surface area contributed by atoms with Gasteiger partial charge in [0.2, 0.25) is 6.17 Å². The zero-order chi connectivity index (χ0) is 11.4. The largest absolute Gasteiger partial charge is 0.464 e. The lowest BCUT2D eigenvalue weighted by Crippen LogP contribution is -2.25. The van der Waals surface area contributed by atoms with Gasteiger partial charge in [0.05, 0.1) is 6.61 Å². The van der Waals surface area contributed by atoms with Crippen LogP contribution in [0.1, 0.15) is 22.8 Å². The summed E-state index contributed by atoms with van der Waals surface area (Å²) < 4.78 is 17.8. The van der Waals surface area contributed by atoms with E-state index < -0.39 is 18.2 Å². The third kappa shape index (κ3) is 3.00. The maximum absolute atomic E-state index is 13.4. The van der Waals surface area contributed by atoms with Gasteiger partial charge in [-0.3, -0.25) is 0 Å². The van der Waals surface area contributed by atoms with Gasteiger partial charge in [0.15, 0.2) is 0 Å². The number of carbonyl (C=O) groups excluding carboxylic acids is 1. The van der Waals surface area contributed by atoms with E-state index in [9.17, 15) is 14.3 Å². The van der Waals surface area contributed by atoms with Crippen molar-refractivity contribution >= 4 is 17.3 Å². The first-order valence-corrected chi connectivity index (χ1v) is 5.43. The Morgan fingerprint density at radius 3 is 2.80 bits per heavy atom. The van der Waals surface area contributed by atoms with Gasteiger partial charge in [-0.2, -0.15) is 0 Å². The van der Waals surface area contributed by atoms with Gasteiger partial charge in [0, 0.05) is 9.75 Å². The number of aliphatic hydroxyl groups excluding tert-OH is 1. The van der Waals surface area contributed by atoms with Gasteiger partial charge in [0.25, 0.3) is 0 Å². The monoisotopic (exact) mass is 232 g/mol. The Morgan fingerprint density at radius 2 is 2.33 bits per heavy atom. The lowest BCUT2D eigenvalue weighted by molar-refractivity contribution is -0.153. The van der Waals surface area contributed by atoms with Crippen LogP contribution in [-0.4, -0.2) is 23.9 Å². The van der Waals surface area contributed by atoms with Crippen molar-refractivity contribution < 1.29 is 19.0 Å². The standard InChI is InChI=1S/C10H13FO3S/c1-3-14-10(13)8(11)9(12)7-5-4-6(2)15-7/h4-5,8-9,12H,3H2,1-2H3. The molecule has 3 nitrogen and oxygen atoms in total. The molecule has 0 saturated heterocycles. The number of ether oxygens (including phenoxy) is 1. The van der Waals surface area contributed by atoms with Crippen LogP contribution in [0.25, 0.3) is 0 Å². The van der Waals surface area contributed by atoms with E-state index in [1.165, 1.54) is 11.3 Å². The SMILES string of the molecule is CCOC(=O)C(F)C(O)c1ccc(C)s1. The van der Waals surface area contributed by atoms with Crippen molar-refractivity contribution in [2.45, 2.75) is 26.1 Å². The summed E-state index contributed by atoms with van der Waals surface area (Å²) in [4.78, 5) is 12.4. The molecule has 84 valence electrons. The summed E-state index contributed by atoms with van der Waals surface area (Å²) >= 11 is 1.26. The van der Waals surface area contributed by atoms with Gasteiger partial charge < -0.3 is 9.84 Å². The number of aliphatic hydroxyl groups is 1. The Kier molecular flexibility index (Phi) is 4.23. The molecular formula is C10H13FO3S. The van der Waals surface area contributed by atoms with Crippen LogP contribution in [0.5, 0.6) is 0 Å². The maximum Gasteiger partial charge on any atom is 0.343 e. The minimum Gasteiger partial charge on any atom is -0.464 e. The first kappa shape index (κ1) is 12.1. The van der Waals surface area contributed by atoms with Crippen LogP contribution in [0.15, 0.2) is 12.1 Å². The summed E-state index contributed by atoms with van der Waals surface area (Å²) in [5, 5.41) is 9.53. The molecule has 2 unspecified atom stereocenters. The van der Waals surface area contributed by atoms with Crippen LogP contribution >= 0.6 is 11.3 Å². The van der Waals surface area contributed by atoms with Crippen LogP contribution in [0, 0.1) is 6.92 Å². The van der Waals surface area contributed by atoms with Crippen molar-refractivity contribution in [1.82, 2.24) is 0 Å². The van der Waals surface area contributed by atoms with Crippen molar-refractivity contribution in [3.63, 3.8) is 0 Å². The number of hydrogen-bond donors (Lipinski definition) is 1. The van der Waals surface area contributed by atoms with Gasteiger partial charge in [-0.1, -0.05) is 0 Å². The zero-order valence-corrected chi connectivity index (χ0v) is 9.38. The quantitative estimate of drug-likeness (QED) is 0.807. The van der Waals surface area contributed by atoms with E-state index in [0.29, 0.717) is 4.88 Å². The average molecular weight is 232 g/mol. The maximum atomic E-state index is 13.4. The molecule has 1 aromatic heterocycles. The van der Waals surface area contributed by atoms with Crippen LogP contribution in [0.3, 0.4) is 0 Å². The molecule has 1 aromatic rings. The molecular weight excluding hydrogens is 219 g/mol. The highest BCUT2D eigenvalue weighted by Gasteiger charge is 2.29. The zero-order valence-electron chi connectivity index (χ0n) is 8.57. The minimum absolute atomic E-state index is 0.107. The van der Waals surface area contributed by atoms with Crippen molar-refractivity contribution in [3.8, 4) is 0 Å². The summed E-state index contributed by atoms with van der Waals surface area (Å²) in [6.45, 7) is 3.54. The molecule has 0 fully saturated rings. The lowest BCUT2D eigenvalue weighted by Gasteiger charge is -2.12. The molecule has 0 bridgehead atoms. The van der Waals surface area contributed by atoms with E-state index in [4.69, 9.17) is 0 Å². The Hall–Kier alpha value is -0.940. The smallest absolute Gasteiger partial charge is 0.343 e. The molecule has 0 aromatic carbocycles. The second-order valence-electron chi connectivity index (χ2n) is 3.05. The minimum atomic E-state index is -2.01. The molecule has 0 spiro atoms. The molecule has 5 heteroatoms. The van der Waals surface area contributed by atoms with Crippen LogP contribution in [-0.2, 0) is 9.53 Å². The lowest BCUT2D eigenvalue weighted by atomic mass is 10.2. The number of hydrogen-bond acceptors (Lipinski definition) is 4. The molecule has 0 radical (unpaired) electrons. The second kappa shape index (κ2) is 5.23. The van der Waals surface area contributed by atoms with Crippen molar-refractivity contribution in [2.75, 3.05) is 6.61 Å². The molecule has 2 atom stereocenters. The van der Waals surface area contributed by atoms with Crippen LogP contribution in [0.4, 0.5) is 4.39 Å². The predicted molar refractivity (Wildman–Crippen MR) is 55.5 cm³/mol. The van der Waals surface area contributed by atoms with E-state index in [1.807, 2.05) is 6.92 Å². The van der Waals surface area contributed by atoms with Crippen molar-refractivity contribution in [2.24, 2.45) is 0 Å². The van der Waals surface area contributed by atoms with Gasteiger partial charge in [-0.25, -0.2) is 9.18 Å². The average Bonchev–Trinajstić information content (AvgIpc) is 2.63. The molecule has 0 aliphatic carbocycles. The third-order valence-electron chi connectivity index (χ3n) is 1.84. The fourth-order valence-electron chi connectivity index (χ4n) is 1.11. The van der Waals surface area contributed by atoms with Crippen LogP contribution in [0.2, 0.25) is 0 Å². The van der Waals surface area contributed by atoms with Crippen molar-refractivity contribution in [3.05, 3.63) is 21.9 Å². The number of esters is 1. The van der Waals surface area contributed by atoms with Crippen molar-refractivity contribution in [1.29, 1.82) is 0 Å². The van der Waals surface area contributed by atoms with Gasteiger partial charge in [0.1, 0.15) is 6.10 Å². The van der Waals surface area contributed by atoms with Gasteiger partial charge >= 0.3 is 5.97 Å². The number of aryl methyl sites for hydroxylation is 1. The van der Waals surface area contributed by atoms with E-state index in [1.54, 1.807) is 19.1 Å². The van der Waals surface area contributed by atoms with E-state index in [-0.39, 0.29) is 6.61 Å². The Morgan fingerprint density at radius 1 is 1.67 bits per heavy atom. The highest BCUT2D eigenvalue weighted by molar-refractivity contribution is 7.12. The number of halogens is 1. The Labute approximate surface area is 91.5 Å². The molecule has 0 amide bonds. The fraction of sp³-hybridized carbons (Fsp3) is 0.500. The van der Waals surface area contributed by atoms with E-state index >= 15 is 0 Å². The summed E-state index contributed by atoms with van der Waals surface area (Å²) in [6, 6.07) is 3.37. The topological polar surface area (TPSA) is 46.5 Å². The Bertz CT molecular complexity index is 337. The Balaban J connectivity index is 2.67. The summed E-state index contributed by atoms with van der Waals surface area (Å²) in [6.07, 6.45) is -3.44. The number of alkyl halides is 1. The summed E-state index contributed by atoms with van der Waals surface area (Å²) in [5.41, 5.74) is 0. The normalized spacial score (nSPS) is 14.7. The summed E-state index contributed by atoms with van der Waals surface area (Å²) in [5.74, 6) is -1.02. The molecule has 1 N–H and O–H groups in total. The number of thiophene rings is 1.